The fourth-order valence-electron chi connectivity index (χ4n) is 1.53. The van der Waals surface area contributed by atoms with Crippen molar-refractivity contribution in [2.45, 2.75) is 25.3 Å². The number of sulfonamides is 1. The van der Waals surface area contributed by atoms with Crippen molar-refractivity contribution in [2.75, 3.05) is 11.6 Å². The zero-order chi connectivity index (χ0) is 14.3. The number of thiophene rings is 1. The van der Waals surface area contributed by atoms with Gasteiger partial charge in [0, 0.05) is 10.8 Å². The summed E-state index contributed by atoms with van der Waals surface area (Å²) in [7, 11) is -3.49. The summed E-state index contributed by atoms with van der Waals surface area (Å²) in [6.45, 7) is 0. The maximum absolute atomic E-state index is 11.8. The Morgan fingerprint density at radius 1 is 1.47 bits per heavy atom. The highest BCUT2D eigenvalue weighted by atomic mass is 35.5. The molecule has 19 heavy (non-hydrogen) atoms. The minimum absolute atomic E-state index is 0.0405. The average Bonchev–Trinajstić information content (AvgIpc) is 2.80. The molecule has 0 spiro atoms. The van der Waals surface area contributed by atoms with E-state index in [-0.39, 0.29) is 12.2 Å². The van der Waals surface area contributed by atoms with E-state index in [0.29, 0.717) is 23.6 Å². The lowest BCUT2D eigenvalue weighted by Crippen LogP contribution is -2.31. The topological polar surface area (TPSA) is 83.5 Å². The fraction of sp³-hybridized carbons (Fsp3) is 0.545. The van der Waals surface area contributed by atoms with Crippen LogP contribution in [0.3, 0.4) is 0 Å². The quantitative estimate of drug-likeness (QED) is 0.538. The Kier molecular flexibility index (Phi) is 6.78. The minimum atomic E-state index is -3.49. The number of nitrogens with one attached hydrogen (secondary N) is 1. The van der Waals surface area contributed by atoms with Crippen LogP contribution in [0.15, 0.2) is 17.5 Å². The lowest BCUT2D eigenvalue weighted by molar-refractivity contribution is -0.137. The number of hydrogen-bond acceptors (Lipinski definition) is 4. The number of halogens is 1. The van der Waals surface area contributed by atoms with Gasteiger partial charge in [-0.15, -0.1) is 22.9 Å². The number of hydrogen-bond donors (Lipinski definition) is 2. The first kappa shape index (κ1) is 16.4. The SMILES string of the molecule is O=C(O)CC(NS(=O)(=O)CCCCCl)c1cccs1. The van der Waals surface area contributed by atoms with Crippen LogP contribution in [0.25, 0.3) is 0 Å². The van der Waals surface area contributed by atoms with Gasteiger partial charge in [-0.3, -0.25) is 4.79 Å². The van der Waals surface area contributed by atoms with E-state index in [2.05, 4.69) is 4.72 Å². The second-order valence-corrected chi connectivity index (χ2v) is 7.23. The Balaban J connectivity index is 2.69. The molecule has 1 heterocycles. The molecule has 0 bridgehead atoms. The van der Waals surface area contributed by atoms with Gasteiger partial charge in [0.1, 0.15) is 0 Å². The fourth-order valence-corrected chi connectivity index (χ4v) is 3.91. The first-order valence-electron chi connectivity index (χ1n) is 5.76. The highest BCUT2D eigenvalue weighted by Gasteiger charge is 2.22. The molecular weight excluding hydrogens is 310 g/mol. The van der Waals surface area contributed by atoms with Crippen LogP contribution in [0, 0.1) is 0 Å². The van der Waals surface area contributed by atoms with Crippen molar-refractivity contribution in [3.8, 4) is 0 Å². The van der Waals surface area contributed by atoms with Crippen LogP contribution in [-0.2, 0) is 14.8 Å². The first-order chi connectivity index (χ1) is 8.94. The number of alkyl halides is 1. The molecule has 0 fully saturated rings. The van der Waals surface area contributed by atoms with Gasteiger partial charge in [0.25, 0.3) is 0 Å². The largest absolute Gasteiger partial charge is 0.481 e. The molecule has 0 aliphatic rings. The summed E-state index contributed by atoms with van der Waals surface area (Å²) in [5, 5.41) is 10.6. The Morgan fingerprint density at radius 2 is 2.21 bits per heavy atom. The van der Waals surface area contributed by atoms with E-state index in [1.807, 2.05) is 0 Å². The highest BCUT2D eigenvalue weighted by molar-refractivity contribution is 7.89. The molecule has 0 aromatic carbocycles. The summed E-state index contributed by atoms with van der Waals surface area (Å²) in [4.78, 5) is 11.5. The third-order valence-electron chi connectivity index (χ3n) is 2.38. The molecule has 0 amide bonds. The van der Waals surface area contributed by atoms with Crippen molar-refractivity contribution in [1.82, 2.24) is 4.72 Å². The second-order valence-electron chi connectivity index (χ2n) is 4.00. The number of rotatable bonds is 9. The minimum Gasteiger partial charge on any atom is -0.481 e. The van der Waals surface area contributed by atoms with Crippen molar-refractivity contribution in [3.63, 3.8) is 0 Å². The molecule has 0 saturated carbocycles. The summed E-state index contributed by atoms with van der Waals surface area (Å²) in [5.74, 6) is -0.665. The van der Waals surface area contributed by atoms with Crippen LogP contribution in [0.5, 0.6) is 0 Å². The van der Waals surface area contributed by atoms with Crippen LogP contribution in [-0.4, -0.2) is 31.1 Å². The Labute approximate surface area is 121 Å². The molecule has 5 nitrogen and oxygen atoms in total. The Hall–Kier alpha value is -0.630. The lowest BCUT2D eigenvalue weighted by atomic mass is 10.2. The van der Waals surface area contributed by atoms with Gasteiger partial charge in [-0.2, -0.15) is 0 Å². The summed E-state index contributed by atoms with van der Waals surface area (Å²) >= 11 is 6.83. The van der Waals surface area contributed by atoms with Gasteiger partial charge in [-0.1, -0.05) is 6.07 Å². The summed E-state index contributed by atoms with van der Waals surface area (Å²) in [5.41, 5.74) is 0. The maximum Gasteiger partial charge on any atom is 0.305 e. The van der Waals surface area contributed by atoms with Gasteiger partial charge in [0.05, 0.1) is 18.2 Å². The van der Waals surface area contributed by atoms with Crippen molar-refractivity contribution < 1.29 is 18.3 Å². The van der Waals surface area contributed by atoms with E-state index in [0.717, 1.165) is 0 Å². The van der Waals surface area contributed by atoms with E-state index in [1.54, 1.807) is 17.5 Å². The number of carbonyl (C=O) groups is 1. The average molecular weight is 326 g/mol. The Morgan fingerprint density at radius 3 is 2.74 bits per heavy atom. The maximum atomic E-state index is 11.8. The molecular formula is C11H16ClNO4S2. The smallest absolute Gasteiger partial charge is 0.305 e. The van der Waals surface area contributed by atoms with Crippen molar-refractivity contribution in [2.24, 2.45) is 0 Å². The molecule has 0 aliphatic carbocycles. The van der Waals surface area contributed by atoms with Crippen LogP contribution in [0.2, 0.25) is 0 Å². The predicted octanol–water partition coefficient (Wildman–Crippen LogP) is 2.20. The molecule has 0 radical (unpaired) electrons. The normalized spacial score (nSPS) is 13.3. The van der Waals surface area contributed by atoms with Gasteiger partial charge in [-0.25, -0.2) is 13.1 Å². The molecule has 1 atom stereocenters. The molecule has 108 valence electrons. The standard InChI is InChI=1S/C11H16ClNO4S2/c12-5-1-2-7-19(16,17)13-9(8-11(14)15)10-4-3-6-18-10/h3-4,6,9,13H,1-2,5,7-8H2,(H,14,15). The van der Waals surface area contributed by atoms with Crippen LogP contribution in [0.1, 0.15) is 30.2 Å². The zero-order valence-corrected chi connectivity index (χ0v) is 12.6. The number of aliphatic carboxylic acids is 1. The van der Waals surface area contributed by atoms with Crippen molar-refractivity contribution in [1.29, 1.82) is 0 Å². The van der Waals surface area contributed by atoms with Crippen molar-refractivity contribution >= 4 is 38.9 Å². The Bertz CT molecular complexity index is 487. The van der Waals surface area contributed by atoms with Crippen LogP contribution >= 0.6 is 22.9 Å². The third-order valence-corrected chi connectivity index (χ3v) is 5.11. The second kappa shape index (κ2) is 7.84. The lowest BCUT2D eigenvalue weighted by Gasteiger charge is -2.15. The monoisotopic (exact) mass is 325 g/mol. The molecule has 1 rings (SSSR count). The number of carboxylic acids is 1. The number of unbranched alkanes of at least 4 members (excludes halogenated alkanes) is 1. The molecule has 1 aromatic rings. The van der Waals surface area contributed by atoms with E-state index in [1.165, 1.54) is 11.3 Å². The van der Waals surface area contributed by atoms with E-state index >= 15 is 0 Å². The van der Waals surface area contributed by atoms with Crippen molar-refractivity contribution in [3.05, 3.63) is 22.4 Å². The van der Waals surface area contributed by atoms with Gasteiger partial charge in [-0.05, 0) is 24.3 Å². The van der Waals surface area contributed by atoms with Gasteiger partial charge < -0.3 is 5.11 Å². The summed E-state index contributed by atoms with van der Waals surface area (Å²) in [6.07, 6.45) is 0.809. The van der Waals surface area contributed by atoms with E-state index < -0.39 is 22.0 Å². The predicted molar refractivity (Wildman–Crippen MR) is 76.2 cm³/mol. The van der Waals surface area contributed by atoms with E-state index in [4.69, 9.17) is 16.7 Å². The summed E-state index contributed by atoms with van der Waals surface area (Å²) in [6, 6.07) is 2.77. The number of carboxylic acid groups (broad SMARTS) is 1. The van der Waals surface area contributed by atoms with Gasteiger partial charge in [0.15, 0.2) is 0 Å². The van der Waals surface area contributed by atoms with E-state index in [9.17, 15) is 13.2 Å². The highest BCUT2D eigenvalue weighted by Crippen LogP contribution is 2.23. The summed E-state index contributed by atoms with van der Waals surface area (Å²) < 4.78 is 26.1. The van der Waals surface area contributed by atoms with Gasteiger partial charge >= 0.3 is 5.97 Å². The van der Waals surface area contributed by atoms with Crippen LogP contribution < -0.4 is 4.72 Å². The van der Waals surface area contributed by atoms with Gasteiger partial charge in [0.2, 0.25) is 10.0 Å². The molecule has 0 saturated heterocycles. The third kappa shape index (κ3) is 6.38. The molecule has 1 aromatic heterocycles. The molecule has 1 unspecified atom stereocenters. The molecule has 2 N–H and O–H groups in total. The molecule has 8 heteroatoms. The zero-order valence-electron chi connectivity index (χ0n) is 10.2. The molecule has 0 aliphatic heterocycles. The first-order valence-corrected chi connectivity index (χ1v) is 8.82. The van der Waals surface area contributed by atoms with Crippen LogP contribution in [0.4, 0.5) is 0 Å².